The van der Waals surface area contributed by atoms with Crippen LogP contribution in [0.15, 0.2) is 42.5 Å². The summed E-state index contributed by atoms with van der Waals surface area (Å²) in [4.78, 5) is 24.8. The number of hydrogen-bond donors (Lipinski definition) is 1. The van der Waals surface area contributed by atoms with Gasteiger partial charge < -0.3 is 10.1 Å². The van der Waals surface area contributed by atoms with Crippen molar-refractivity contribution in [3.63, 3.8) is 0 Å². The number of carbonyl (C=O) groups excluding carboxylic acids is 2. The van der Waals surface area contributed by atoms with Crippen LogP contribution in [0.4, 0.5) is 0 Å². The van der Waals surface area contributed by atoms with Gasteiger partial charge in [-0.1, -0.05) is 30.3 Å². The summed E-state index contributed by atoms with van der Waals surface area (Å²) in [7, 11) is 1.38. The van der Waals surface area contributed by atoms with Crippen LogP contribution in [0.1, 0.15) is 63.8 Å². The van der Waals surface area contributed by atoms with E-state index < -0.39 is 0 Å². The second kappa shape index (κ2) is 6.94. The Morgan fingerprint density at radius 3 is 2.65 bits per heavy atom. The van der Waals surface area contributed by atoms with Crippen molar-refractivity contribution in [1.82, 2.24) is 5.32 Å². The molecule has 0 aromatic heterocycles. The number of methoxy groups -OCH3 is 1. The normalized spacial score (nSPS) is 20.8. The molecule has 0 spiro atoms. The predicted octanol–water partition coefficient (Wildman–Crippen LogP) is 3.70. The maximum Gasteiger partial charge on any atom is 0.337 e. The second-order valence-corrected chi connectivity index (χ2v) is 7.15. The number of carbonyl (C=O) groups is 2. The minimum Gasteiger partial charge on any atom is -0.465 e. The van der Waals surface area contributed by atoms with E-state index in [1.165, 1.54) is 18.2 Å². The molecule has 0 heterocycles. The summed E-state index contributed by atoms with van der Waals surface area (Å²) in [5, 5.41) is 3.24. The number of nitrogens with one attached hydrogen (secondary N) is 1. The monoisotopic (exact) mass is 349 g/mol. The first kappa shape index (κ1) is 16.8. The van der Waals surface area contributed by atoms with Crippen molar-refractivity contribution in [2.75, 3.05) is 7.11 Å². The van der Waals surface area contributed by atoms with Gasteiger partial charge in [0.1, 0.15) is 0 Å². The Hall–Kier alpha value is -2.62. The van der Waals surface area contributed by atoms with E-state index in [-0.39, 0.29) is 23.8 Å². The number of rotatable bonds is 3. The molecule has 2 aliphatic rings. The Morgan fingerprint density at radius 2 is 1.81 bits per heavy atom. The molecule has 0 aliphatic heterocycles. The number of fused-ring (bicyclic) bond motifs is 2. The van der Waals surface area contributed by atoms with Crippen LogP contribution in [0, 0.1) is 0 Å². The number of amides is 1. The quantitative estimate of drug-likeness (QED) is 0.860. The van der Waals surface area contributed by atoms with E-state index in [2.05, 4.69) is 17.4 Å². The highest BCUT2D eigenvalue weighted by molar-refractivity contribution is 5.90. The van der Waals surface area contributed by atoms with Gasteiger partial charge in [-0.15, -0.1) is 0 Å². The van der Waals surface area contributed by atoms with E-state index in [1.54, 1.807) is 6.07 Å². The molecule has 4 rings (SSSR count). The van der Waals surface area contributed by atoms with Crippen LogP contribution in [-0.4, -0.2) is 19.0 Å². The third-order valence-corrected chi connectivity index (χ3v) is 5.65. The molecular formula is C22H23NO3. The lowest BCUT2D eigenvalue weighted by Crippen LogP contribution is -2.33. The number of benzene rings is 2. The molecule has 1 N–H and O–H groups in total. The summed E-state index contributed by atoms with van der Waals surface area (Å²) in [6.45, 7) is 0. The van der Waals surface area contributed by atoms with Crippen molar-refractivity contribution in [3.05, 3.63) is 70.3 Å². The lowest BCUT2D eigenvalue weighted by atomic mass is 9.82. The maximum atomic E-state index is 13.0. The molecule has 0 saturated heterocycles. The standard InChI is InChI=1S/C22H23NO3/c1-26-22(25)16-10-9-15-11-12-20(19(15)13-16)23-21(24)18-8-4-6-14-5-2-3-7-17(14)18/h2-3,5,7,9-10,13,18,20H,4,6,8,11-12H2,1H3,(H,23,24). The lowest BCUT2D eigenvalue weighted by molar-refractivity contribution is -0.123. The van der Waals surface area contributed by atoms with E-state index in [9.17, 15) is 9.59 Å². The Morgan fingerprint density at radius 1 is 1.00 bits per heavy atom. The van der Waals surface area contributed by atoms with Gasteiger partial charge in [0.15, 0.2) is 0 Å². The molecule has 2 aliphatic carbocycles. The SMILES string of the molecule is COC(=O)c1ccc2c(c1)C(NC(=O)C1CCCc3ccccc31)CC2. The third-order valence-electron chi connectivity index (χ3n) is 5.65. The summed E-state index contributed by atoms with van der Waals surface area (Å²) >= 11 is 0. The van der Waals surface area contributed by atoms with Crippen LogP contribution in [-0.2, 0) is 22.4 Å². The molecule has 2 unspecified atom stereocenters. The van der Waals surface area contributed by atoms with E-state index in [0.717, 1.165) is 43.2 Å². The summed E-state index contributed by atoms with van der Waals surface area (Å²) in [6.07, 6.45) is 4.78. The van der Waals surface area contributed by atoms with Crippen LogP contribution in [0.3, 0.4) is 0 Å². The summed E-state index contributed by atoms with van der Waals surface area (Å²) in [5.74, 6) is -0.322. The van der Waals surface area contributed by atoms with Gasteiger partial charge in [0.25, 0.3) is 0 Å². The minimum absolute atomic E-state index is 0.0313. The van der Waals surface area contributed by atoms with Crippen molar-refractivity contribution in [2.24, 2.45) is 0 Å². The molecule has 26 heavy (non-hydrogen) atoms. The van der Waals surface area contributed by atoms with Gasteiger partial charge in [0.2, 0.25) is 5.91 Å². The Balaban J connectivity index is 1.55. The fourth-order valence-electron chi connectivity index (χ4n) is 4.30. The predicted molar refractivity (Wildman–Crippen MR) is 99.1 cm³/mol. The molecule has 2 atom stereocenters. The average molecular weight is 349 g/mol. The molecule has 134 valence electrons. The van der Waals surface area contributed by atoms with E-state index in [4.69, 9.17) is 4.74 Å². The Bertz CT molecular complexity index is 858. The molecule has 4 nitrogen and oxygen atoms in total. The highest BCUT2D eigenvalue weighted by Gasteiger charge is 2.30. The second-order valence-electron chi connectivity index (χ2n) is 7.15. The van der Waals surface area contributed by atoms with Gasteiger partial charge in [-0.25, -0.2) is 4.79 Å². The Kier molecular flexibility index (Phi) is 4.49. The molecule has 1 amide bonds. The number of aryl methyl sites for hydroxylation is 2. The number of ether oxygens (including phenoxy) is 1. The fourth-order valence-corrected chi connectivity index (χ4v) is 4.30. The first-order valence-electron chi connectivity index (χ1n) is 9.26. The third kappa shape index (κ3) is 3.00. The van der Waals surface area contributed by atoms with Crippen LogP contribution in [0.25, 0.3) is 0 Å². The van der Waals surface area contributed by atoms with Gasteiger partial charge in [-0.05, 0) is 66.5 Å². The van der Waals surface area contributed by atoms with E-state index in [1.807, 2.05) is 24.3 Å². The van der Waals surface area contributed by atoms with Crippen LogP contribution < -0.4 is 5.32 Å². The van der Waals surface area contributed by atoms with Gasteiger partial charge in [0.05, 0.1) is 24.6 Å². The molecule has 0 saturated carbocycles. The van der Waals surface area contributed by atoms with Crippen molar-refractivity contribution in [2.45, 2.75) is 44.1 Å². The molecule has 2 aromatic rings. The molecule has 0 radical (unpaired) electrons. The smallest absolute Gasteiger partial charge is 0.337 e. The molecule has 0 fully saturated rings. The molecule has 4 heteroatoms. The topological polar surface area (TPSA) is 55.4 Å². The lowest BCUT2D eigenvalue weighted by Gasteiger charge is -2.26. The first-order chi connectivity index (χ1) is 12.7. The maximum absolute atomic E-state index is 13.0. The van der Waals surface area contributed by atoms with Crippen molar-refractivity contribution >= 4 is 11.9 Å². The van der Waals surface area contributed by atoms with Gasteiger partial charge in [0, 0.05) is 0 Å². The van der Waals surface area contributed by atoms with Crippen LogP contribution in [0.5, 0.6) is 0 Å². The van der Waals surface area contributed by atoms with Gasteiger partial charge in [-0.2, -0.15) is 0 Å². The first-order valence-corrected chi connectivity index (χ1v) is 9.26. The molecule has 0 bridgehead atoms. The highest BCUT2D eigenvalue weighted by atomic mass is 16.5. The molecule has 2 aromatic carbocycles. The van der Waals surface area contributed by atoms with Crippen LogP contribution in [0.2, 0.25) is 0 Å². The molecular weight excluding hydrogens is 326 g/mol. The van der Waals surface area contributed by atoms with Crippen molar-refractivity contribution in [3.8, 4) is 0 Å². The zero-order valence-electron chi connectivity index (χ0n) is 15.0. The van der Waals surface area contributed by atoms with Gasteiger partial charge >= 0.3 is 5.97 Å². The van der Waals surface area contributed by atoms with E-state index in [0.29, 0.717) is 5.56 Å². The minimum atomic E-state index is -0.342. The fraction of sp³-hybridized carbons (Fsp3) is 0.364. The van der Waals surface area contributed by atoms with Crippen LogP contribution >= 0.6 is 0 Å². The summed E-state index contributed by atoms with van der Waals surface area (Å²) < 4.78 is 4.82. The number of hydrogen-bond acceptors (Lipinski definition) is 3. The highest BCUT2D eigenvalue weighted by Crippen LogP contribution is 2.35. The number of esters is 1. The van der Waals surface area contributed by atoms with Crippen molar-refractivity contribution < 1.29 is 14.3 Å². The zero-order chi connectivity index (χ0) is 18.1. The van der Waals surface area contributed by atoms with E-state index >= 15 is 0 Å². The summed E-state index contributed by atoms with van der Waals surface area (Å²) in [6, 6.07) is 13.9. The van der Waals surface area contributed by atoms with Crippen molar-refractivity contribution in [1.29, 1.82) is 0 Å². The van der Waals surface area contributed by atoms with Gasteiger partial charge in [-0.3, -0.25) is 4.79 Å². The Labute approximate surface area is 153 Å². The summed E-state index contributed by atoms with van der Waals surface area (Å²) in [5.41, 5.74) is 5.24. The average Bonchev–Trinajstić information content (AvgIpc) is 3.08. The largest absolute Gasteiger partial charge is 0.465 e. The zero-order valence-corrected chi connectivity index (χ0v) is 15.0.